The normalized spacial score (nSPS) is 11.2. The van der Waals surface area contributed by atoms with Gasteiger partial charge in [0.05, 0.1) is 10.6 Å². The van der Waals surface area contributed by atoms with Crippen molar-refractivity contribution in [1.82, 2.24) is 0 Å². The van der Waals surface area contributed by atoms with Crippen LogP contribution >= 0.6 is 11.6 Å². The Hall–Kier alpha value is -2.54. The molecule has 4 nitrogen and oxygen atoms in total. The third kappa shape index (κ3) is 5.47. The molecule has 0 fully saturated rings. The molecule has 1 N–H and O–H groups in total. The van der Waals surface area contributed by atoms with Crippen LogP contribution in [0.1, 0.15) is 24.5 Å². The first-order chi connectivity index (χ1) is 12.6. The van der Waals surface area contributed by atoms with E-state index in [1.807, 2.05) is 19.1 Å². The summed E-state index contributed by atoms with van der Waals surface area (Å²) in [6.07, 6.45) is -5.14. The highest BCUT2D eigenvalue weighted by Gasteiger charge is 2.33. The van der Waals surface area contributed by atoms with Crippen molar-refractivity contribution in [2.24, 2.45) is 0 Å². The van der Waals surface area contributed by atoms with Gasteiger partial charge in [-0.25, -0.2) is 0 Å². The smallest absolute Gasteiger partial charge is 0.326 e. The molecule has 2 aromatic rings. The Balaban J connectivity index is 2.10. The van der Waals surface area contributed by atoms with Crippen molar-refractivity contribution in [2.75, 3.05) is 16.8 Å². The molecule has 27 heavy (non-hydrogen) atoms. The Morgan fingerprint density at radius 1 is 1.15 bits per heavy atom. The maximum Gasteiger partial charge on any atom is 0.417 e. The van der Waals surface area contributed by atoms with Gasteiger partial charge in [0.1, 0.15) is 6.42 Å². The second-order valence-corrected chi connectivity index (χ2v) is 6.30. The van der Waals surface area contributed by atoms with E-state index in [0.717, 1.165) is 17.7 Å². The Labute approximate surface area is 159 Å². The Bertz CT molecular complexity index is 853. The number of aryl methyl sites for hydroxylation is 1. The molecule has 0 aromatic heterocycles. The SMILES string of the molecule is CCN(C(=O)CC(=O)Nc1ccc(Cl)c(C(F)(F)F)c1)c1cccc(C)c1. The fraction of sp³-hybridized carbons (Fsp3) is 0.263. The van der Waals surface area contributed by atoms with Gasteiger partial charge in [0.25, 0.3) is 0 Å². The predicted molar refractivity (Wildman–Crippen MR) is 98.9 cm³/mol. The number of nitrogens with one attached hydrogen (secondary N) is 1. The standard InChI is InChI=1S/C19H18ClF3N2O2/c1-3-25(14-6-4-5-12(2)9-14)18(27)11-17(26)24-13-7-8-16(20)15(10-13)19(21,22)23/h4-10H,3,11H2,1-2H3,(H,24,26). The van der Waals surface area contributed by atoms with E-state index in [-0.39, 0.29) is 5.69 Å². The Morgan fingerprint density at radius 3 is 2.44 bits per heavy atom. The van der Waals surface area contributed by atoms with Crippen molar-refractivity contribution in [2.45, 2.75) is 26.4 Å². The Kier molecular flexibility index (Phi) is 6.49. The molecule has 0 radical (unpaired) electrons. The highest BCUT2D eigenvalue weighted by Crippen LogP contribution is 2.36. The van der Waals surface area contributed by atoms with Crippen LogP contribution in [-0.4, -0.2) is 18.4 Å². The molecule has 0 atom stereocenters. The van der Waals surface area contributed by atoms with Crippen LogP contribution in [0.5, 0.6) is 0 Å². The number of hydrogen-bond acceptors (Lipinski definition) is 2. The summed E-state index contributed by atoms with van der Waals surface area (Å²) >= 11 is 5.55. The van der Waals surface area contributed by atoms with Crippen LogP contribution in [0.4, 0.5) is 24.5 Å². The van der Waals surface area contributed by atoms with Gasteiger partial charge in [-0.1, -0.05) is 23.7 Å². The summed E-state index contributed by atoms with van der Waals surface area (Å²) in [7, 11) is 0. The average Bonchev–Trinajstić information content (AvgIpc) is 2.56. The molecule has 0 saturated carbocycles. The monoisotopic (exact) mass is 398 g/mol. The molecule has 0 aliphatic heterocycles. The Morgan fingerprint density at radius 2 is 1.85 bits per heavy atom. The van der Waals surface area contributed by atoms with Crippen LogP contribution in [0.3, 0.4) is 0 Å². The van der Waals surface area contributed by atoms with Gasteiger partial charge in [0, 0.05) is 17.9 Å². The van der Waals surface area contributed by atoms with Crippen LogP contribution in [0.15, 0.2) is 42.5 Å². The van der Waals surface area contributed by atoms with E-state index in [0.29, 0.717) is 12.2 Å². The maximum atomic E-state index is 12.9. The number of anilines is 2. The fourth-order valence-corrected chi connectivity index (χ4v) is 2.78. The number of nitrogens with zero attached hydrogens (tertiary/aromatic N) is 1. The van der Waals surface area contributed by atoms with Crippen molar-refractivity contribution < 1.29 is 22.8 Å². The third-order valence-electron chi connectivity index (χ3n) is 3.80. The van der Waals surface area contributed by atoms with Crippen molar-refractivity contribution >= 4 is 34.8 Å². The third-order valence-corrected chi connectivity index (χ3v) is 4.13. The molecule has 0 heterocycles. The zero-order valence-electron chi connectivity index (χ0n) is 14.7. The minimum Gasteiger partial charge on any atom is -0.326 e. The molecule has 2 rings (SSSR count). The van der Waals surface area contributed by atoms with Gasteiger partial charge in [-0.15, -0.1) is 0 Å². The van der Waals surface area contributed by atoms with Gasteiger partial charge >= 0.3 is 6.18 Å². The van der Waals surface area contributed by atoms with Gasteiger partial charge in [-0.3, -0.25) is 9.59 Å². The number of halogens is 4. The number of carbonyl (C=O) groups is 2. The summed E-state index contributed by atoms with van der Waals surface area (Å²) < 4.78 is 38.7. The number of alkyl halides is 3. The lowest BCUT2D eigenvalue weighted by Crippen LogP contribution is -2.33. The molecule has 8 heteroatoms. The highest BCUT2D eigenvalue weighted by atomic mass is 35.5. The van der Waals surface area contributed by atoms with Crippen LogP contribution in [0.25, 0.3) is 0 Å². The number of hydrogen-bond donors (Lipinski definition) is 1. The largest absolute Gasteiger partial charge is 0.417 e. The number of rotatable bonds is 5. The van der Waals surface area contributed by atoms with Gasteiger partial charge in [-0.05, 0) is 49.7 Å². The van der Waals surface area contributed by atoms with Crippen molar-refractivity contribution in [1.29, 1.82) is 0 Å². The second-order valence-electron chi connectivity index (χ2n) is 5.89. The van der Waals surface area contributed by atoms with Gasteiger partial charge in [0.2, 0.25) is 11.8 Å². The molecule has 0 saturated heterocycles. The van der Waals surface area contributed by atoms with Crippen LogP contribution in [-0.2, 0) is 15.8 Å². The zero-order chi connectivity index (χ0) is 20.2. The van der Waals surface area contributed by atoms with E-state index in [1.165, 1.54) is 11.0 Å². The van der Waals surface area contributed by atoms with E-state index < -0.39 is 35.0 Å². The van der Waals surface area contributed by atoms with E-state index >= 15 is 0 Å². The van der Waals surface area contributed by atoms with E-state index in [1.54, 1.807) is 19.1 Å². The van der Waals surface area contributed by atoms with Gasteiger partial charge in [0.15, 0.2) is 0 Å². The molecule has 0 unspecified atom stereocenters. The van der Waals surface area contributed by atoms with E-state index in [4.69, 9.17) is 11.6 Å². The quantitative estimate of drug-likeness (QED) is 0.716. The van der Waals surface area contributed by atoms with E-state index in [9.17, 15) is 22.8 Å². The number of benzene rings is 2. The molecule has 0 aliphatic rings. The van der Waals surface area contributed by atoms with Gasteiger partial charge < -0.3 is 10.2 Å². The lowest BCUT2D eigenvalue weighted by molar-refractivity contribution is -0.137. The lowest BCUT2D eigenvalue weighted by atomic mass is 10.2. The highest BCUT2D eigenvalue weighted by molar-refractivity contribution is 6.31. The topological polar surface area (TPSA) is 49.4 Å². The first-order valence-electron chi connectivity index (χ1n) is 8.15. The van der Waals surface area contributed by atoms with Crippen molar-refractivity contribution in [3.05, 3.63) is 58.6 Å². The molecule has 144 valence electrons. The minimum absolute atomic E-state index is 0.0804. The van der Waals surface area contributed by atoms with Crippen LogP contribution in [0, 0.1) is 6.92 Å². The predicted octanol–water partition coefficient (Wildman–Crippen LogP) is 5.05. The lowest BCUT2D eigenvalue weighted by Gasteiger charge is -2.21. The number of carbonyl (C=O) groups excluding carboxylic acids is 2. The maximum absolute atomic E-state index is 12.9. The first kappa shape index (κ1) is 20.8. The molecule has 0 bridgehead atoms. The molecule has 2 amide bonds. The number of amides is 2. The second kappa shape index (κ2) is 8.43. The van der Waals surface area contributed by atoms with Crippen LogP contribution in [0.2, 0.25) is 5.02 Å². The molecule has 2 aromatic carbocycles. The zero-order valence-corrected chi connectivity index (χ0v) is 15.5. The molecule has 0 aliphatic carbocycles. The molecular formula is C19H18ClF3N2O2. The van der Waals surface area contributed by atoms with Crippen molar-refractivity contribution in [3.8, 4) is 0 Å². The van der Waals surface area contributed by atoms with Gasteiger partial charge in [-0.2, -0.15) is 13.2 Å². The minimum atomic E-state index is -4.64. The summed E-state index contributed by atoms with van der Waals surface area (Å²) in [6.45, 7) is 4.01. The molecular weight excluding hydrogens is 381 g/mol. The van der Waals surface area contributed by atoms with E-state index in [2.05, 4.69) is 5.32 Å². The summed E-state index contributed by atoms with van der Waals surface area (Å²) in [5.41, 5.74) is 0.483. The summed E-state index contributed by atoms with van der Waals surface area (Å²) in [4.78, 5) is 26.0. The van der Waals surface area contributed by atoms with Crippen molar-refractivity contribution in [3.63, 3.8) is 0 Å². The average molecular weight is 399 g/mol. The van der Waals surface area contributed by atoms with Crippen LogP contribution < -0.4 is 10.2 Å². The summed E-state index contributed by atoms with van der Waals surface area (Å²) in [5, 5.41) is 1.84. The fourth-order valence-electron chi connectivity index (χ4n) is 2.56. The first-order valence-corrected chi connectivity index (χ1v) is 8.53. The summed E-state index contributed by atoms with van der Waals surface area (Å²) in [5.74, 6) is -1.16. The summed E-state index contributed by atoms with van der Waals surface area (Å²) in [6, 6.07) is 10.3. The molecule has 0 spiro atoms.